The van der Waals surface area contributed by atoms with Crippen LogP contribution in [0.3, 0.4) is 0 Å². The molecular weight excluding hydrogens is 373 g/mol. The number of rotatable bonds is 2. The molecule has 4 aromatic rings. The van der Waals surface area contributed by atoms with Gasteiger partial charge in [-0.3, -0.25) is 4.57 Å². The molecule has 26 heavy (non-hydrogen) atoms. The molecule has 0 spiro atoms. The molecule has 7 heteroatoms. The van der Waals surface area contributed by atoms with E-state index in [0.717, 1.165) is 11.1 Å². The van der Waals surface area contributed by atoms with Crippen molar-refractivity contribution in [1.29, 1.82) is 0 Å². The van der Waals surface area contributed by atoms with Crippen LogP contribution in [0.2, 0.25) is 10.2 Å². The number of nitrogens with zero attached hydrogens (tertiary/aromatic N) is 3. The molecule has 0 unspecified atom stereocenters. The molecule has 0 amide bonds. The van der Waals surface area contributed by atoms with Crippen molar-refractivity contribution in [3.8, 4) is 17.4 Å². The zero-order valence-electron chi connectivity index (χ0n) is 14.0. The Labute approximate surface area is 158 Å². The van der Waals surface area contributed by atoms with Gasteiger partial charge in [0, 0.05) is 6.20 Å². The topological polar surface area (TPSA) is 60.9 Å². The van der Waals surface area contributed by atoms with Gasteiger partial charge in [-0.2, -0.15) is 0 Å². The minimum Gasteiger partial charge on any atom is -0.401 e. The highest BCUT2D eigenvalue weighted by Gasteiger charge is 2.21. The van der Waals surface area contributed by atoms with Crippen LogP contribution in [0.15, 0.2) is 51.8 Å². The van der Waals surface area contributed by atoms with Crippen molar-refractivity contribution >= 4 is 34.1 Å². The van der Waals surface area contributed by atoms with Gasteiger partial charge in [-0.15, -0.1) is 0 Å². The summed E-state index contributed by atoms with van der Waals surface area (Å²) in [5.74, 6) is 0.640. The number of pyridine rings is 1. The molecule has 0 saturated heterocycles. The Morgan fingerprint density at radius 1 is 1.12 bits per heavy atom. The van der Waals surface area contributed by atoms with E-state index in [4.69, 9.17) is 27.6 Å². The van der Waals surface area contributed by atoms with E-state index in [0.29, 0.717) is 32.6 Å². The third-order valence-corrected chi connectivity index (χ3v) is 4.62. The van der Waals surface area contributed by atoms with Crippen LogP contribution in [0, 0.1) is 13.8 Å². The standard InChI is InChI=1S/C19H13Cl2N3O2/c1-10-7-11(2)16-12(8-10)19(25)26-18(23-16)17-13(20)9-14(21)24(17)15-5-3-4-6-22-15/h3-9H,1-2H3. The third kappa shape index (κ3) is 2.69. The molecule has 0 aliphatic carbocycles. The number of fused-ring (bicyclic) bond motifs is 1. The van der Waals surface area contributed by atoms with Gasteiger partial charge in [0.1, 0.15) is 16.7 Å². The lowest BCUT2D eigenvalue weighted by Gasteiger charge is -2.10. The molecule has 0 radical (unpaired) electrons. The lowest BCUT2D eigenvalue weighted by molar-refractivity contribution is 0.514. The molecule has 0 bridgehead atoms. The Balaban J connectivity index is 2.05. The molecule has 4 rings (SSSR count). The Morgan fingerprint density at radius 3 is 2.65 bits per heavy atom. The molecule has 1 aromatic carbocycles. The number of halogens is 2. The van der Waals surface area contributed by atoms with Gasteiger partial charge in [0.05, 0.1) is 15.9 Å². The summed E-state index contributed by atoms with van der Waals surface area (Å²) in [6.07, 6.45) is 1.64. The van der Waals surface area contributed by atoms with E-state index < -0.39 is 5.63 Å². The molecular formula is C19H13Cl2N3O2. The second kappa shape index (κ2) is 6.27. The van der Waals surface area contributed by atoms with Crippen LogP contribution in [0.5, 0.6) is 0 Å². The molecule has 3 heterocycles. The summed E-state index contributed by atoms with van der Waals surface area (Å²) in [6.45, 7) is 3.82. The normalized spacial score (nSPS) is 11.2. The maximum atomic E-state index is 12.5. The van der Waals surface area contributed by atoms with Crippen LogP contribution >= 0.6 is 23.2 Å². The Hall–Kier alpha value is -2.63. The zero-order valence-corrected chi connectivity index (χ0v) is 15.5. The van der Waals surface area contributed by atoms with Gasteiger partial charge in [-0.05, 0) is 49.2 Å². The summed E-state index contributed by atoms with van der Waals surface area (Å²) in [5, 5.41) is 1.10. The van der Waals surface area contributed by atoms with Gasteiger partial charge < -0.3 is 4.42 Å². The fourth-order valence-corrected chi connectivity index (χ4v) is 3.60. The predicted molar refractivity (Wildman–Crippen MR) is 102 cm³/mol. The minimum atomic E-state index is -0.474. The summed E-state index contributed by atoms with van der Waals surface area (Å²) < 4.78 is 7.09. The molecule has 0 aliphatic heterocycles. The summed E-state index contributed by atoms with van der Waals surface area (Å²) in [5.41, 5.74) is 2.33. The molecule has 0 N–H and O–H groups in total. The first-order chi connectivity index (χ1) is 12.5. The molecule has 0 fully saturated rings. The summed E-state index contributed by atoms with van der Waals surface area (Å²) in [4.78, 5) is 21.4. The van der Waals surface area contributed by atoms with Crippen molar-refractivity contribution in [2.45, 2.75) is 13.8 Å². The van der Waals surface area contributed by atoms with E-state index in [1.165, 1.54) is 0 Å². The van der Waals surface area contributed by atoms with Crippen molar-refractivity contribution in [2.75, 3.05) is 0 Å². The minimum absolute atomic E-state index is 0.0945. The second-order valence-corrected chi connectivity index (χ2v) is 6.77. The van der Waals surface area contributed by atoms with E-state index in [1.54, 1.807) is 35.0 Å². The maximum absolute atomic E-state index is 12.5. The van der Waals surface area contributed by atoms with Gasteiger partial charge >= 0.3 is 5.63 Å². The van der Waals surface area contributed by atoms with E-state index in [9.17, 15) is 4.79 Å². The molecule has 130 valence electrons. The number of hydrogen-bond acceptors (Lipinski definition) is 4. The average molecular weight is 386 g/mol. The number of aromatic nitrogens is 3. The lowest BCUT2D eigenvalue weighted by atomic mass is 10.1. The summed E-state index contributed by atoms with van der Waals surface area (Å²) in [6, 6.07) is 10.7. The number of hydrogen-bond donors (Lipinski definition) is 0. The summed E-state index contributed by atoms with van der Waals surface area (Å²) >= 11 is 12.7. The first-order valence-electron chi connectivity index (χ1n) is 7.86. The molecule has 3 aromatic heterocycles. The summed E-state index contributed by atoms with van der Waals surface area (Å²) in [7, 11) is 0. The average Bonchev–Trinajstić information content (AvgIpc) is 2.90. The highest BCUT2D eigenvalue weighted by Crippen LogP contribution is 2.35. The monoisotopic (exact) mass is 385 g/mol. The fraction of sp³-hybridized carbons (Fsp3) is 0.105. The van der Waals surface area contributed by atoms with E-state index in [-0.39, 0.29) is 5.89 Å². The quantitative estimate of drug-likeness (QED) is 0.488. The van der Waals surface area contributed by atoms with Crippen molar-refractivity contribution in [3.05, 3.63) is 74.3 Å². The molecule has 5 nitrogen and oxygen atoms in total. The molecule has 0 saturated carbocycles. The Morgan fingerprint density at radius 2 is 1.92 bits per heavy atom. The molecule has 0 aliphatic rings. The first kappa shape index (κ1) is 16.8. The maximum Gasteiger partial charge on any atom is 0.347 e. The Kier molecular flexibility index (Phi) is 4.05. The first-order valence-corrected chi connectivity index (χ1v) is 8.62. The van der Waals surface area contributed by atoms with Gasteiger partial charge in [-0.1, -0.05) is 35.3 Å². The SMILES string of the molecule is Cc1cc(C)c2nc(-c3c(Cl)cc(Cl)n3-c3ccccn3)oc(=O)c2c1. The van der Waals surface area contributed by atoms with Crippen LogP contribution < -0.4 is 5.63 Å². The predicted octanol–water partition coefficient (Wildman–Crippen LogP) is 4.96. The van der Waals surface area contributed by atoms with Crippen LogP contribution in [0.25, 0.3) is 28.3 Å². The fourth-order valence-electron chi connectivity index (χ4n) is 2.99. The van der Waals surface area contributed by atoms with Crippen molar-refractivity contribution < 1.29 is 4.42 Å². The van der Waals surface area contributed by atoms with Gasteiger partial charge in [0.15, 0.2) is 0 Å². The molecule has 0 atom stereocenters. The lowest BCUT2D eigenvalue weighted by Crippen LogP contribution is -2.07. The van der Waals surface area contributed by atoms with Crippen molar-refractivity contribution in [3.63, 3.8) is 0 Å². The van der Waals surface area contributed by atoms with Gasteiger partial charge in [0.2, 0.25) is 5.89 Å². The van der Waals surface area contributed by atoms with Crippen LogP contribution in [0.1, 0.15) is 11.1 Å². The number of aryl methyl sites for hydroxylation is 2. The highest BCUT2D eigenvalue weighted by molar-refractivity contribution is 6.36. The smallest absolute Gasteiger partial charge is 0.347 e. The number of benzene rings is 1. The van der Waals surface area contributed by atoms with Crippen LogP contribution in [-0.4, -0.2) is 14.5 Å². The van der Waals surface area contributed by atoms with Crippen LogP contribution in [-0.2, 0) is 0 Å². The van der Waals surface area contributed by atoms with E-state index in [1.807, 2.05) is 26.0 Å². The van der Waals surface area contributed by atoms with Crippen molar-refractivity contribution in [1.82, 2.24) is 14.5 Å². The Bertz CT molecular complexity index is 1200. The van der Waals surface area contributed by atoms with Gasteiger partial charge in [-0.25, -0.2) is 14.8 Å². The highest BCUT2D eigenvalue weighted by atomic mass is 35.5. The zero-order chi connectivity index (χ0) is 18.4. The largest absolute Gasteiger partial charge is 0.401 e. The van der Waals surface area contributed by atoms with E-state index >= 15 is 0 Å². The van der Waals surface area contributed by atoms with E-state index in [2.05, 4.69) is 9.97 Å². The third-order valence-electron chi connectivity index (χ3n) is 4.06. The second-order valence-electron chi connectivity index (χ2n) is 5.97. The van der Waals surface area contributed by atoms with Crippen LogP contribution in [0.4, 0.5) is 0 Å². The van der Waals surface area contributed by atoms with Crippen molar-refractivity contribution in [2.24, 2.45) is 0 Å². The van der Waals surface area contributed by atoms with Gasteiger partial charge in [0.25, 0.3) is 0 Å².